The SMILES string of the molecule is CC.O=C1C(=O)N(C2CCN(C3Cc4cccc5cccc3c45)CC2)c2ccccc21. The lowest BCUT2D eigenvalue weighted by atomic mass is 9.98. The number of carbonyl (C=O) groups excluding carboxylic acids is 2. The van der Waals surface area contributed by atoms with Crippen LogP contribution >= 0.6 is 0 Å². The van der Waals surface area contributed by atoms with Crippen molar-refractivity contribution in [3.63, 3.8) is 0 Å². The quantitative estimate of drug-likeness (QED) is 0.546. The molecule has 31 heavy (non-hydrogen) atoms. The fraction of sp³-hybridized carbons (Fsp3) is 0.333. The molecule has 1 fully saturated rings. The molecule has 0 N–H and O–H groups in total. The number of rotatable bonds is 2. The van der Waals surface area contributed by atoms with Gasteiger partial charge in [0, 0.05) is 25.2 Å². The van der Waals surface area contributed by atoms with Gasteiger partial charge in [-0.25, -0.2) is 0 Å². The summed E-state index contributed by atoms with van der Waals surface area (Å²) < 4.78 is 0. The van der Waals surface area contributed by atoms with Crippen molar-refractivity contribution in [2.75, 3.05) is 18.0 Å². The largest absolute Gasteiger partial charge is 0.302 e. The average Bonchev–Trinajstić information content (AvgIpc) is 3.33. The molecular weight excluding hydrogens is 384 g/mol. The first-order valence-electron chi connectivity index (χ1n) is 11.4. The van der Waals surface area contributed by atoms with Gasteiger partial charge in [0.15, 0.2) is 0 Å². The first-order chi connectivity index (χ1) is 15.2. The summed E-state index contributed by atoms with van der Waals surface area (Å²) in [6, 6.07) is 21.2. The van der Waals surface area contributed by atoms with Crippen molar-refractivity contribution in [2.24, 2.45) is 0 Å². The van der Waals surface area contributed by atoms with Crippen molar-refractivity contribution < 1.29 is 9.59 Å². The van der Waals surface area contributed by atoms with Gasteiger partial charge >= 0.3 is 0 Å². The van der Waals surface area contributed by atoms with Crippen LogP contribution in [0.5, 0.6) is 0 Å². The number of carbonyl (C=O) groups is 2. The number of amides is 1. The van der Waals surface area contributed by atoms with Gasteiger partial charge in [-0.05, 0) is 53.3 Å². The highest BCUT2D eigenvalue weighted by Crippen LogP contribution is 2.42. The van der Waals surface area contributed by atoms with Gasteiger partial charge in [-0.1, -0.05) is 62.4 Å². The Morgan fingerprint density at radius 2 is 1.55 bits per heavy atom. The zero-order chi connectivity index (χ0) is 21.5. The smallest absolute Gasteiger partial charge is 0.299 e. The fourth-order valence-electron chi connectivity index (χ4n) is 5.57. The Labute approximate surface area is 183 Å². The number of fused-ring (bicyclic) bond motifs is 1. The molecule has 158 valence electrons. The van der Waals surface area contributed by atoms with Crippen LogP contribution in [0.25, 0.3) is 10.8 Å². The van der Waals surface area contributed by atoms with Crippen molar-refractivity contribution in [1.82, 2.24) is 4.90 Å². The molecule has 3 aromatic rings. The van der Waals surface area contributed by atoms with Crippen LogP contribution in [0.4, 0.5) is 5.69 Å². The molecule has 1 saturated heterocycles. The summed E-state index contributed by atoms with van der Waals surface area (Å²) in [4.78, 5) is 29.3. The molecule has 4 nitrogen and oxygen atoms in total. The van der Waals surface area contributed by atoms with E-state index in [4.69, 9.17) is 0 Å². The number of nitrogens with zero attached hydrogens (tertiary/aromatic N) is 2. The van der Waals surface area contributed by atoms with Crippen molar-refractivity contribution in [3.8, 4) is 0 Å². The first kappa shape index (κ1) is 20.0. The summed E-state index contributed by atoms with van der Waals surface area (Å²) in [6.45, 7) is 5.89. The number of para-hydroxylation sites is 1. The summed E-state index contributed by atoms with van der Waals surface area (Å²) in [7, 11) is 0. The zero-order valence-electron chi connectivity index (χ0n) is 18.2. The van der Waals surface area contributed by atoms with E-state index in [9.17, 15) is 9.59 Å². The van der Waals surface area contributed by atoms with E-state index in [0.717, 1.165) is 38.0 Å². The second-order valence-electron chi connectivity index (χ2n) is 8.37. The Hall–Kier alpha value is -2.98. The second-order valence-corrected chi connectivity index (χ2v) is 8.37. The van der Waals surface area contributed by atoms with Gasteiger partial charge in [-0.15, -0.1) is 0 Å². The summed E-state index contributed by atoms with van der Waals surface area (Å²) >= 11 is 0. The Kier molecular flexibility index (Phi) is 5.11. The lowest BCUT2D eigenvalue weighted by Gasteiger charge is -2.39. The molecule has 2 heterocycles. The number of benzene rings is 3. The molecule has 0 bridgehead atoms. The molecule has 3 aromatic carbocycles. The average molecular weight is 413 g/mol. The lowest BCUT2D eigenvalue weighted by molar-refractivity contribution is -0.114. The van der Waals surface area contributed by atoms with Crippen LogP contribution in [0.2, 0.25) is 0 Å². The predicted octanol–water partition coefficient (Wildman–Crippen LogP) is 5.16. The Morgan fingerprint density at radius 3 is 2.32 bits per heavy atom. The van der Waals surface area contributed by atoms with Gasteiger partial charge in [0.1, 0.15) is 0 Å². The van der Waals surface area contributed by atoms with Crippen LogP contribution in [0.3, 0.4) is 0 Å². The first-order valence-corrected chi connectivity index (χ1v) is 11.4. The maximum atomic E-state index is 12.6. The van der Waals surface area contributed by atoms with Crippen molar-refractivity contribution in [2.45, 2.75) is 45.2 Å². The molecule has 0 spiro atoms. The monoisotopic (exact) mass is 412 g/mol. The number of piperidine rings is 1. The molecule has 1 amide bonds. The highest BCUT2D eigenvalue weighted by molar-refractivity contribution is 6.52. The predicted molar refractivity (Wildman–Crippen MR) is 125 cm³/mol. The summed E-state index contributed by atoms with van der Waals surface area (Å²) in [5, 5.41) is 2.76. The van der Waals surface area contributed by atoms with Crippen LogP contribution in [0.15, 0.2) is 60.7 Å². The van der Waals surface area contributed by atoms with E-state index in [1.165, 1.54) is 21.9 Å². The van der Waals surface area contributed by atoms with E-state index in [1.54, 1.807) is 11.0 Å². The standard InChI is InChI=1S/C25H22N2O2.C2H6/c28-24-20-8-1-2-10-21(20)27(25(24)29)18-11-13-26(14-12-18)22-15-17-7-3-5-16-6-4-9-19(22)23(16)17;1-2/h1-10,18,22H,11-15H2;1-2H3. The van der Waals surface area contributed by atoms with Crippen LogP contribution in [-0.4, -0.2) is 35.7 Å². The summed E-state index contributed by atoms with van der Waals surface area (Å²) in [5.74, 6) is -0.719. The van der Waals surface area contributed by atoms with E-state index in [-0.39, 0.29) is 17.7 Å². The third kappa shape index (κ3) is 3.09. The Morgan fingerprint density at radius 1 is 0.839 bits per heavy atom. The topological polar surface area (TPSA) is 40.6 Å². The maximum absolute atomic E-state index is 12.6. The molecule has 3 aliphatic rings. The Bertz CT molecular complexity index is 1160. The highest BCUT2D eigenvalue weighted by atomic mass is 16.2. The molecule has 0 saturated carbocycles. The minimum Gasteiger partial charge on any atom is -0.302 e. The number of ketones is 1. The van der Waals surface area contributed by atoms with Gasteiger partial charge < -0.3 is 4.90 Å². The number of Topliss-reactive ketones (excluding diaryl/α,β-unsaturated/α-hetero) is 1. The van der Waals surface area contributed by atoms with E-state index >= 15 is 0 Å². The number of anilines is 1. The molecule has 1 unspecified atom stereocenters. The van der Waals surface area contributed by atoms with Crippen molar-refractivity contribution >= 4 is 28.2 Å². The fourth-order valence-corrected chi connectivity index (χ4v) is 5.57. The van der Waals surface area contributed by atoms with Crippen LogP contribution in [-0.2, 0) is 11.2 Å². The molecule has 1 atom stereocenters. The van der Waals surface area contributed by atoms with Crippen LogP contribution in [0, 0.1) is 0 Å². The number of hydrogen-bond donors (Lipinski definition) is 0. The lowest BCUT2D eigenvalue weighted by Crippen LogP contribution is -2.47. The van der Waals surface area contributed by atoms with E-state index in [0.29, 0.717) is 11.6 Å². The summed E-state index contributed by atoms with van der Waals surface area (Å²) in [5.41, 5.74) is 4.23. The van der Waals surface area contributed by atoms with Gasteiger partial charge in [-0.3, -0.25) is 14.5 Å². The van der Waals surface area contributed by atoms with Crippen molar-refractivity contribution in [1.29, 1.82) is 0 Å². The van der Waals surface area contributed by atoms with E-state index in [2.05, 4.69) is 41.3 Å². The molecule has 6 rings (SSSR count). The second kappa shape index (κ2) is 7.93. The molecule has 2 aliphatic heterocycles. The van der Waals surface area contributed by atoms with Gasteiger partial charge in [0.2, 0.25) is 0 Å². The third-order valence-electron chi connectivity index (χ3n) is 6.92. The number of likely N-dealkylation sites (tertiary alicyclic amines) is 1. The molecular formula is C27H28N2O2. The molecule has 0 radical (unpaired) electrons. The van der Waals surface area contributed by atoms with Gasteiger partial charge in [-0.2, -0.15) is 0 Å². The molecule has 0 aromatic heterocycles. The minimum atomic E-state index is -0.360. The van der Waals surface area contributed by atoms with Crippen molar-refractivity contribution in [3.05, 3.63) is 77.4 Å². The van der Waals surface area contributed by atoms with Crippen LogP contribution in [0.1, 0.15) is 54.2 Å². The molecule has 1 aliphatic carbocycles. The van der Waals surface area contributed by atoms with E-state index < -0.39 is 0 Å². The Balaban J connectivity index is 0.000000994. The zero-order valence-corrected chi connectivity index (χ0v) is 18.2. The normalized spacial score (nSPS) is 20.7. The summed E-state index contributed by atoms with van der Waals surface area (Å²) in [6.07, 6.45) is 2.86. The molecule has 4 heteroatoms. The maximum Gasteiger partial charge on any atom is 0.299 e. The third-order valence-corrected chi connectivity index (χ3v) is 6.92. The minimum absolute atomic E-state index is 0.103. The van der Waals surface area contributed by atoms with Gasteiger partial charge in [0.05, 0.1) is 11.3 Å². The highest BCUT2D eigenvalue weighted by Gasteiger charge is 2.41. The van der Waals surface area contributed by atoms with E-state index in [1.807, 2.05) is 32.0 Å². The van der Waals surface area contributed by atoms with Crippen LogP contribution < -0.4 is 4.90 Å². The number of hydrogen-bond acceptors (Lipinski definition) is 3. The van der Waals surface area contributed by atoms with Gasteiger partial charge in [0.25, 0.3) is 11.7 Å².